The van der Waals surface area contributed by atoms with E-state index in [1.54, 1.807) is 0 Å². The summed E-state index contributed by atoms with van der Waals surface area (Å²) < 4.78 is 6.56. The normalized spacial score (nSPS) is 31.7. The number of ether oxygens (including phenoxy) is 1. The number of aliphatic hydroxyl groups excluding tert-OH is 3. The monoisotopic (exact) mass is 257 g/mol. The predicted molar refractivity (Wildman–Crippen MR) is 60.7 cm³/mol. The first-order valence-electron chi connectivity index (χ1n) is 5.26. The fourth-order valence-electron chi connectivity index (χ4n) is 1.96. The molecule has 0 bridgehead atoms. The van der Waals surface area contributed by atoms with Gasteiger partial charge in [-0.15, -0.1) is 0 Å². The number of nitrogens with zero attached hydrogens (tertiary/aromatic N) is 2. The van der Waals surface area contributed by atoms with Crippen molar-refractivity contribution in [2.75, 3.05) is 12.3 Å². The van der Waals surface area contributed by atoms with Gasteiger partial charge in [-0.2, -0.15) is 0 Å². The fraction of sp³-hybridized carbons (Fsp3) is 0.556. The van der Waals surface area contributed by atoms with Crippen LogP contribution >= 0.6 is 0 Å². The van der Waals surface area contributed by atoms with Gasteiger partial charge in [0.25, 0.3) is 0 Å². The third kappa shape index (κ3) is 1.82. The van der Waals surface area contributed by atoms with Crippen LogP contribution in [-0.2, 0) is 4.74 Å². The molecule has 8 N–H and O–H groups in total. The van der Waals surface area contributed by atoms with Gasteiger partial charge < -0.3 is 31.5 Å². The number of rotatable bonds is 3. The average molecular weight is 257 g/mol. The Balaban J connectivity index is 2.36. The van der Waals surface area contributed by atoms with E-state index in [4.69, 9.17) is 26.7 Å². The van der Waals surface area contributed by atoms with Crippen molar-refractivity contribution in [3.63, 3.8) is 0 Å². The van der Waals surface area contributed by atoms with E-state index in [1.165, 1.54) is 10.9 Å². The average Bonchev–Trinajstić information content (AvgIpc) is 2.82. The van der Waals surface area contributed by atoms with E-state index in [0.29, 0.717) is 0 Å². The maximum absolute atomic E-state index is 9.84. The molecule has 4 atom stereocenters. The van der Waals surface area contributed by atoms with Crippen LogP contribution in [-0.4, -0.2) is 55.6 Å². The third-order valence-electron chi connectivity index (χ3n) is 2.87. The molecule has 1 aliphatic rings. The number of aliphatic hydroxyl groups is 3. The van der Waals surface area contributed by atoms with E-state index < -0.39 is 31.1 Å². The van der Waals surface area contributed by atoms with E-state index >= 15 is 0 Å². The van der Waals surface area contributed by atoms with Gasteiger partial charge in [0.05, 0.1) is 12.9 Å². The van der Waals surface area contributed by atoms with E-state index in [9.17, 15) is 10.2 Å². The van der Waals surface area contributed by atoms with Crippen molar-refractivity contribution in [3.8, 4) is 0 Å². The third-order valence-corrected chi connectivity index (χ3v) is 2.87. The lowest BCUT2D eigenvalue weighted by Crippen LogP contribution is -2.33. The van der Waals surface area contributed by atoms with Crippen molar-refractivity contribution in [1.82, 2.24) is 9.55 Å². The van der Waals surface area contributed by atoms with Crippen molar-refractivity contribution in [2.45, 2.75) is 24.5 Å². The molecule has 0 spiro atoms. The molecule has 0 saturated carbocycles. The molecule has 1 aromatic heterocycles. The molecule has 0 radical (unpaired) electrons. The van der Waals surface area contributed by atoms with Gasteiger partial charge in [-0.3, -0.25) is 9.98 Å². The highest BCUT2D eigenvalue weighted by atomic mass is 16.6. The minimum Gasteiger partial charge on any atom is -0.394 e. The number of nitrogens with two attached hydrogens (primary N) is 2. The molecule has 4 unspecified atom stereocenters. The van der Waals surface area contributed by atoms with Gasteiger partial charge in [0.15, 0.2) is 12.0 Å². The van der Waals surface area contributed by atoms with Crippen molar-refractivity contribution < 1.29 is 20.1 Å². The molecular weight excluding hydrogens is 242 g/mol. The highest BCUT2D eigenvalue weighted by Crippen LogP contribution is 2.31. The second-order valence-electron chi connectivity index (χ2n) is 4.03. The summed E-state index contributed by atoms with van der Waals surface area (Å²) in [6.45, 7) is -0.436. The van der Waals surface area contributed by atoms with Crippen LogP contribution in [0.1, 0.15) is 11.9 Å². The smallest absolute Gasteiger partial charge is 0.164 e. The molecular formula is C9H15N5O4. The van der Waals surface area contributed by atoms with Crippen molar-refractivity contribution in [2.24, 2.45) is 5.73 Å². The minimum atomic E-state index is -1.27. The van der Waals surface area contributed by atoms with Crippen LogP contribution in [0.4, 0.5) is 5.82 Å². The molecule has 0 aliphatic carbocycles. The Morgan fingerprint density at radius 2 is 2.17 bits per heavy atom. The summed E-state index contributed by atoms with van der Waals surface area (Å²) in [6.07, 6.45) is -3.15. The zero-order valence-electron chi connectivity index (χ0n) is 9.39. The van der Waals surface area contributed by atoms with Crippen LogP contribution in [0.5, 0.6) is 0 Å². The lowest BCUT2D eigenvalue weighted by Gasteiger charge is -2.18. The van der Waals surface area contributed by atoms with E-state index in [2.05, 4.69) is 4.98 Å². The van der Waals surface area contributed by atoms with Crippen LogP contribution in [0.2, 0.25) is 0 Å². The van der Waals surface area contributed by atoms with Crippen LogP contribution in [0, 0.1) is 5.41 Å². The molecule has 0 amide bonds. The SMILES string of the molecule is N=C(N)c1c(N)ncn1C1OC(CO)C(O)C1O. The van der Waals surface area contributed by atoms with E-state index in [0.717, 1.165) is 0 Å². The highest BCUT2D eigenvalue weighted by molar-refractivity contribution is 5.97. The summed E-state index contributed by atoms with van der Waals surface area (Å²) in [5.41, 5.74) is 11.0. The first-order chi connectivity index (χ1) is 8.47. The Hall–Kier alpha value is -1.68. The molecule has 2 rings (SSSR count). The maximum Gasteiger partial charge on any atom is 0.164 e. The summed E-state index contributed by atoms with van der Waals surface area (Å²) in [4.78, 5) is 3.78. The van der Waals surface area contributed by atoms with Crippen LogP contribution in [0.3, 0.4) is 0 Å². The van der Waals surface area contributed by atoms with Gasteiger partial charge in [-0.1, -0.05) is 0 Å². The predicted octanol–water partition coefficient (Wildman–Crippen LogP) is -2.64. The summed E-state index contributed by atoms with van der Waals surface area (Å²) in [5, 5.41) is 35.9. The van der Waals surface area contributed by atoms with Gasteiger partial charge in [0.1, 0.15) is 29.8 Å². The van der Waals surface area contributed by atoms with Crippen molar-refractivity contribution in [3.05, 3.63) is 12.0 Å². The van der Waals surface area contributed by atoms with E-state index in [-0.39, 0.29) is 17.3 Å². The largest absolute Gasteiger partial charge is 0.394 e. The maximum atomic E-state index is 9.84. The number of amidine groups is 1. The highest BCUT2D eigenvalue weighted by Gasteiger charge is 2.44. The zero-order chi connectivity index (χ0) is 13.4. The number of imidazole rings is 1. The first-order valence-corrected chi connectivity index (χ1v) is 5.26. The van der Waals surface area contributed by atoms with Crippen molar-refractivity contribution in [1.29, 1.82) is 5.41 Å². The van der Waals surface area contributed by atoms with Gasteiger partial charge >= 0.3 is 0 Å². The molecule has 1 saturated heterocycles. The van der Waals surface area contributed by atoms with Crippen LogP contribution in [0.15, 0.2) is 6.33 Å². The fourth-order valence-corrected chi connectivity index (χ4v) is 1.96. The summed E-state index contributed by atoms with van der Waals surface area (Å²) >= 11 is 0. The van der Waals surface area contributed by atoms with Gasteiger partial charge in [-0.05, 0) is 0 Å². The number of nitrogen functional groups attached to an aromatic ring is 2. The first kappa shape index (κ1) is 12.8. The quantitative estimate of drug-likeness (QED) is 0.254. The number of anilines is 1. The van der Waals surface area contributed by atoms with Crippen LogP contribution < -0.4 is 11.5 Å². The molecule has 0 aromatic carbocycles. The lowest BCUT2D eigenvalue weighted by atomic mass is 10.1. The molecule has 1 aromatic rings. The molecule has 1 fully saturated rings. The number of hydrogen-bond donors (Lipinski definition) is 6. The Bertz CT molecular complexity index is 462. The molecule has 2 heterocycles. The van der Waals surface area contributed by atoms with Crippen molar-refractivity contribution >= 4 is 11.7 Å². The van der Waals surface area contributed by atoms with Gasteiger partial charge in [-0.25, -0.2) is 4.98 Å². The Labute approximate surface area is 102 Å². The van der Waals surface area contributed by atoms with E-state index in [1.807, 2.05) is 0 Å². The zero-order valence-corrected chi connectivity index (χ0v) is 9.39. The number of nitrogens with one attached hydrogen (secondary N) is 1. The second-order valence-corrected chi connectivity index (χ2v) is 4.03. The Kier molecular flexibility index (Phi) is 3.22. The second kappa shape index (κ2) is 4.53. The molecule has 100 valence electrons. The summed E-state index contributed by atoms with van der Waals surface area (Å²) in [5.74, 6) is -0.303. The lowest BCUT2D eigenvalue weighted by molar-refractivity contribution is -0.0529. The number of hydrogen-bond acceptors (Lipinski definition) is 7. The topological polar surface area (TPSA) is 164 Å². The van der Waals surface area contributed by atoms with Gasteiger partial charge in [0, 0.05) is 0 Å². The molecule has 9 heteroatoms. The van der Waals surface area contributed by atoms with Gasteiger partial charge in [0.2, 0.25) is 0 Å². The molecule has 18 heavy (non-hydrogen) atoms. The molecule has 9 nitrogen and oxygen atoms in total. The molecule has 1 aliphatic heterocycles. The minimum absolute atomic E-state index is 0.0280. The Morgan fingerprint density at radius 3 is 2.67 bits per heavy atom. The summed E-state index contributed by atoms with van der Waals surface area (Å²) in [6, 6.07) is 0. The number of aromatic nitrogens is 2. The standard InChI is InChI=1S/C9H15N5O4/c10-7(11)4-8(12)13-2-14(4)9-6(17)5(16)3(1-15)18-9/h2-3,5-6,9,15-17H,1,12H2,(H3,10,11). The van der Waals surface area contributed by atoms with Crippen LogP contribution in [0.25, 0.3) is 0 Å². The Morgan fingerprint density at radius 1 is 1.50 bits per heavy atom. The summed E-state index contributed by atoms with van der Waals surface area (Å²) in [7, 11) is 0.